The lowest BCUT2D eigenvalue weighted by Gasteiger charge is -2.34. The molecule has 2 heterocycles. The lowest BCUT2D eigenvalue weighted by atomic mass is 9.89. The highest BCUT2D eigenvalue weighted by Crippen LogP contribution is 2.43. The molecule has 0 bridgehead atoms. The maximum atomic E-state index is 12.3. The first kappa shape index (κ1) is 8.96. The second-order valence-electron chi connectivity index (χ2n) is 4.68. The predicted molar refractivity (Wildman–Crippen MR) is 59.0 cm³/mol. The number of carbonyl (C=O) groups is 1. The van der Waals surface area contributed by atoms with E-state index in [1.54, 1.807) is 0 Å². The third kappa shape index (κ3) is 1.02. The molecule has 0 saturated heterocycles. The van der Waals surface area contributed by atoms with E-state index in [0.29, 0.717) is 5.78 Å². The van der Waals surface area contributed by atoms with Crippen molar-refractivity contribution in [3.8, 4) is 0 Å². The van der Waals surface area contributed by atoms with E-state index in [-0.39, 0.29) is 0 Å². The molecule has 2 aliphatic heterocycles. The molecule has 0 fully saturated rings. The molecule has 0 saturated carbocycles. The average molecular weight is 201 g/mol. The molecule has 0 aromatic rings. The number of hydrogen-bond donors (Lipinski definition) is 0. The van der Waals surface area contributed by atoms with Crippen molar-refractivity contribution in [1.82, 2.24) is 4.90 Å². The minimum absolute atomic E-state index is 0.317. The fraction of sp³-hybridized carbons (Fsp3) is 0.462. The van der Waals surface area contributed by atoms with E-state index in [2.05, 4.69) is 4.90 Å². The Hall–Kier alpha value is -1.31. The van der Waals surface area contributed by atoms with Crippen LogP contribution in [0.1, 0.15) is 32.6 Å². The van der Waals surface area contributed by atoms with Crippen LogP contribution >= 0.6 is 0 Å². The Morgan fingerprint density at radius 1 is 1.27 bits per heavy atom. The molecule has 3 aliphatic rings. The Morgan fingerprint density at radius 2 is 2.07 bits per heavy atom. The molecule has 0 aromatic carbocycles. The van der Waals surface area contributed by atoms with Gasteiger partial charge >= 0.3 is 0 Å². The van der Waals surface area contributed by atoms with Crippen molar-refractivity contribution in [1.29, 1.82) is 0 Å². The van der Waals surface area contributed by atoms with Gasteiger partial charge in [0.25, 0.3) is 0 Å². The van der Waals surface area contributed by atoms with Crippen LogP contribution in [-0.2, 0) is 4.79 Å². The van der Waals surface area contributed by atoms with Crippen molar-refractivity contribution < 1.29 is 4.79 Å². The third-order valence-electron chi connectivity index (χ3n) is 3.73. The van der Waals surface area contributed by atoms with Crippen LogP contribution in [0.3, 0.4) is 0 Å². The van der Waals surface area contributed by atoms with Crippen LogP contribution < -0.4 is 0 Å². The first-order valence-corrected chi connectivity index (χ1v) is 5.66. The fourth-order valence-electron chi connectivity index (χ4n) is 2.87. The van der Waals surface area contributed by atoms with E-state index in [9.17, 15) is 4.79 Å². The molecular weight excluding hydrogens is 186 g/mol. The summed E-state index contributed by atoms with van der Waals surface area (Å²) in [6.07, 6.45) is 12.5. The topological polar surface area (TPSA) is 20.3 Å². The molecule has 0 N–H and O–H groups in total. The van der Waals surface area contributed by atoms with E-state index in [0.717, 1.165) is 18.4 Å². The van der Waals surface area contributed by atoms with Crippen LogP contribution in [0.15, 0.2) is 35.7 Å². The maximum absolute atomic E-state index is 12.3. The van der Waals surface area contributed by atoms with Crippen LogP contribution in [0.2, 0.25) is 0 Å². The summed E-state index contributed by atoms with van der Waals surface area (Å²) < 4.78 is 0. The number of carbonyl (C=O) groups excluding carboxylic acids is 1. The number of rotatable bonds is 0. The summed E-state index contributed by atoms with van der Waals surface area (Å²) >= 11 is 0. The Balaban J connectivity index is 2.12. The van der Waals surface area contributed by atoms with Gasteiger partial charge in [-0.2, -0.15) is 0 Å². The maximum Gasteiger partial charge on any atom is 0.190 e. The monoisotopic (exact) mass is 201 g/mol. The fourth-order valence-corrected chi connectivity index (χ4v) is 2.87. The van der Waals surface area contributed by atoms with Gasteiger partial charge in [-0.15, -0.1) is 0 Å². The predicted octanol–water partition coefficient (Wildman–Crippen LogP) is 2.54. The Kier molecular flexibility index (Phi) is 1.70. The van der Waals surface area contributed by atoms with Gasteiger partial charge in [-0.25, -0.2) is 0 Å². The summed E-state index contributed by atoms with van der Waals surface area (Å²) in [5.41, 5.74) is 1.94. The smallest absolute Gasteiger partial charge is 0.190 e. The van der Waals surface area contributed by atoms with Gasteiger partial charge in [-0.05, 0) is 38.7 Å². The summed E-state index contributed by atoms with van der Waals surface area (Å²) in [4.78, 5) is 14.5. The van der Waals surface area contributed by atoms with Crippen LogP contribution in [0.25, 0.3) is 0 Å². The molecule has 3 rings (SSSR count). The zero-order valence-electron chi connectivity index (χ0n) is 8.99. The van der Waals surface area contributed by atoms with Gasteiger partial charge in [0.2, 0.25) is 0 Å². The number of allylic oxidation sites excluding steroid dienone is 3. The van der Waals surface area contributed by atoms with Crippen LogP contribution in [0.5, 0.6) is 0 Å². The van der Waals surface area contributed by atoms with Crippen molar-refractivity contribution in [2.75, 3.05) is 0 Å². The molecule has 0 radical (unpaired) electrons. The minimum atomic E-state index is -0.413. The average Bonchev–Trinajstić information content (AvgIpc) is 2.50. The van der Waals surface area contributed by atoms with E-state index >= 15 is 0 Å². The molecule has 1 atom stereocenters. The zero-order valence-corrected chi connectivity index (χ0v) is 8.99. The van der Waals surface area contributed by atoms with Crippen LogP contribution in [-0.4, -0.2) is 16.2 Å². The zero-order chi connectivity index (χ0) is 10.5. The van der Waals surface area contributed by atoms with E-state index < -0.39 is 5.54 Å². The van der Waals surface area contributed by atoms with Crippen molar-refractivity contribution in [2.24, 2.45) is 0 Å². The van der Waals surface area contributed by atoms with E-state index in [1.165, 1.54) is 18.5 Å². The summed E-state index contributed by atoms with van der Waals surface area (Å²) in [5.74, 6) is 0.317. The van der Waals surface area contributed by atoms with Gasteiger partial charge in [0.15, 0.2) is 5.78 Å². The van der Waals surface area contributed by atoms with Crippen molar-refractivity contribution in [3.05, 3.63) is 35.7 Å². The third-order valence-corrected chi connectivity index (χ3v) is 3.73. The molecule has 1 unspecified atom stereocenters. The molecule has 0 amide bonds. The molecule has 2 nitrogen and oxygen atoms in total. The molecule has 1 aliphatic carbocycles. The number of Topliss-reactive ketones (excluding diaryl/α,β-unsaturated/α-hetero) is 1. The second kappa shape index (κ2) is 2.84. The largest absolute Gasteiger partial charge is 0.334 e. The first-order valence-electron chi connectivity index (χ1n) is 5.66. The second-order valence-corrected chi connectivity index (χ2v) is 4.68. The standard InChI is InChI=1S/C13H15NO/c1-13-8-4-5-9-14(13)11-7-3-2-6-10(11)12(13)15/h4-5,8-9H,2-3,6-7H2,1H3. The number of nitrogens with zero attached hydrogens (tertiary/aromatic N) is 1. The normalized spacial score (nSPS) is 33.4. The number of hydrogen-bond acceptors (Lipinski definition) is 2. The Morgan fingerprint density at radius 3 is 2.93 bits per heavy atom. The first-order chi connectivity index (χ1) is 7.23. The van der Waals surface area contributed by atoms with Crippen molar-refractivity contribution >= 4 is 5.78 Å². The molecule has 0 spiro atoms. The molecule has 2 heteroatoms. The highest BCUT2D eigenvalue weighted by atomic mass is 16.1. The molecular formula is C13H15NO. The van der Waals surface area contributed by atoms with Crippen molar-refractivity contribution in [3.63, 3.8) is 0 Å². The summed E-state index contributed by atoms with van der Waals surface area (Å²) in [5, 5.41) is 0. The minimum Gasteiger partial charge on any atom is -0.334 e. The van der Waals surface area contributed by atoms with Crippen molar-refractivity contribution in [2.45, 2.75) is 38.1 Å². The molecule has 0 aromatic heterocycles. The highest BCUT2D eigenvalue weighted by molar-refractivity contribution is 6.07. The summed E-state index contributed by atoms with van der Waals surface area (Å²) in [6.45, 7) is 2.02. The van der Waals surface area contributed by atoms with E-state index in [1.807, 2.05) is 31.4 Å². The van der Waals surface area contributed by atoms with Gasteiger partial charge in [-0.3, -0.25) is 4.79 Å². The lowest BCUT2D eigenvalue weighted by molar-refractivity contribution is -0.120. The molecule has 15 heavy (non-hydrogen) atoms. The number of fused-ring (bicyclic) bond motifs is 2. The van der Waals surface area contributed by atoms with Crippen LogP contribution in [0.4, 0.5) is 0 Å². The SMILES string of the molecule is CC12C=CC=CN1C1=C(CCCC1)C2=O. The highest BCUT2D eigenvalue weighted by Gasteiger charge is 2.47. The van der Waals surface area contributed by atoms with Gasteiger partial charge in [-0.1, -0.05) is 12.2 Å². The van der Waals surface area contributed by atoms with Gasteiger partial charge in [0.1, 0.15) is 5.54 Å². The van der Waals surface area contributed by atoms with Gasteiger partial charge in [0.05, 0.1) is 0 Å². The van der Waals surface area contributed by atoms with E-state index in [4.69, 9.17) is 0 Å². The Bertz CT molecular complexity index is 416. The number of ketones is 1. The quantitative estimate of drug-likeness (QED) is 0.600. The lowest BCUT2D eigenvalue weighted by Crippen LogP contribution is -2.43. The van der Waals surface area contributed by atoms with Crippen LogP contribution in [0, 0.1) is 0 Å². The van der Waals surface area contributed by atoms with Gasteiger partial charge in [0, 0.05) is 17.5 Å². The Labute approximate surface area is 90.0 Å². The van der Waals surface area contributed by atoms with Gasteiger partial charge < -0.3 is 4.90 Å². The summed E-state index contributed by atoms with van der Waals surface area (Å²) in [6, 6.07) is 0. The molecule has 78 valence electrons. The summed E-state index contributed by atoms with van der Waals surface area (Å²) in [7, 11) is 0.